The molecule has 0 atom stereocenters. The average Bonchev–Trinajstić information content (AvgIpc) is 2.73. The molecule has 3 rings (SSSR count). The van der Waals surface area contributed by atoms with Gasteiger partial charge in [-0.1, -0.05) is 12.1 Å². The quantitative estimate of drug-likeness (QED) is 0.816. The molecule has 1 heterocycles. The van der Waals surface area contributed by atoms with Crippen molar-refractivity contribution in [2.75, 3.05) is 14.2 Å². The Morgan fingerprint density at radius 3 is 2.09 bits per heavy atom. The van der Waals surface area contributed by atoms with E-state index >= 15 is 0 Å². The lowest BCUT2D eigenvalue weighted by atomic mass is 9.78. The predicted molar refractivity (Wildman–Crippen MR) is 92.8 cm³/mol. The van der Waals surface area contributed by atoms with Crippen molar-refractivity contribution in [3.8, 4) is 11.5 Å². The van der Waals surface area contributed by atoms with E-state index in [0.29, 0.717) is 0 Å². The number of benzene rings is 2. The SMILES string of the molecule is COc1ccc2cc(B3OC(C)(C)C(C)(C)O3)cc(OC)c2c1. The van der Waals surface area contributed by atoms with Crippen molar-refractivity contribution >= 4 is 23.4 Å². The van der Waals surface area contributed by atoms with E-state index in [4.69, 9.17) is 18.8 Å². The first-order valence-electron chi connectivity index (χ1n) is 7.79. The van der Waals surface area contributed by atoms with Crippen LogP contribution in [0.5, 0.6) is 11.5 Å². The van der Waals surface area contributed by atoms with E-state index in [0.717, 1.165) is 27.7 Å². The fourth-order valence-corrected chi connectivity index (χ4v) is 2.74. The molecule has 0 unspecified atom stereocenters. The van der Waals surface area contributed by atoms with E-state index in [2.05, 4.69) is 33.8 Å². The molecule has 0 radical (unpaired) electrons. The lowest BCUT2D eigenvalue weighted by molar-refractivity contribution is 0.00578. The molecule has 0 spiro atoms. The maximum Gasteiger partial charge on any atom is 0.494 e. The highest BCUT2D eigenvalue weighted by Crippen LogP contribution is 2.37. The number of hydrogen-bond acceptors (Lipinski definition) is 4. The van der Waals surface area contributed by atoms with Crippen molar-refractivity contribution in [2.24, 2.45) is 0 Å². The minimum absolute atomic E-state index is 0.361. The fraction of sp³-hybridized carbons (Fsp3) is 0.444. The lowest BCUT2D eigenvalue weighted by Crippen LogP contribution is -2.41. The fourth-order valence-electron chi connectivity index (χ4n) is 2.74. The molecule has 0 aliphatic carbocycles. The van der Waals surface area contributed by atoms with E-state index in [-0.39, 0.29) is 11.2 Å². The van der Waals surface area contributed by atoms with Gasteiger partial charge >= 0.3 is 7.12 Å². The first-order chi connectivity index (χ1) is 10.8. The lowest BCUT2D eigenvalue weighted by Gasteiger charge is -2.32. The van der Waals surface area contributed by atoms with Crippen LogP contribution in [0.2, 0.25) is 0 Å². The molecule has 23 heavy (non-hydrogen) atoms. The second-order valence-electron chi connectivity index (χ2n) is 6.90. The van der Waals surface area contributed by atoms with Crippen LogP contribution in [0.25, 0.3) is 10.8 Å². The number of hydrogen-bond donors (Lipinski definition) is 0. The van der Waals surface area contributed by atoms with Gasteiger partial charge < -0.3 is 18.8 Å². The molecule has 0 saturated carbocycles. The third-order valence-corrected chi connectivity index (χ3v) is 4.89. The minimum Gasteiger partial charge on any atom is -0.497 e. The van der Waals surface area contributed by atoms with Gasteiger partial charge in [-0.25, -0.2) is 0 Å². The first kappa shape index (κ1) is 16.2. The average molecular weight is 314 g/mol. The summed E-state index contributed by atoms with van der Waals surface area (Å²) < 4.78 is 23.1. The molecule has 5 heteroatoms. The van der Waals surface area contributed by atoms with Gasteiger partial charge in [0, 0.05) is 5.39 Å². The van der Waals surface area contributed by atoms with Gasteiger partial charge in [-0.05, 0) is 56.7 Å². The largest absolute Gasteiger partial charge is 0.497 e. The highest BCUT2D eigenvalue weighted by Gasteiger charge is 2.51. The molecule has 1 aliphatic heterocycles. The Morgan fingerprint density at radius 1 is 0.870 bits per heavy atom. The monoisotopic (exact) mass is 314 g/mol. The van der Waals surface area contributed by atoms with E-state index in [1.165, 1.54) is 0 Å². The van der Waals surface area contributed by atoms with Crippen LogP contribution < -0.4 is 14.9 Å². The number of rotatable bonds is 3. The maximum atomic E-state index is 6.14. The Bertz CT molecular complexity index is 723. The first-order valence-corrected chi connectivity index (χ1v) is 7.79. The van der Waals surface area contributed by atoms with E-state index < -0.39 is 7.12 Å². The van der Waals surface area contributed by atoms with E-state index in [1.807, 2.05) is 24.3 Å². The van der Waals surface area contributed by atoms with Crippen molar-refractivity contribution in [1.29, 1.82) is 0 Å². The summed E-state index contributed by atoms with van der Waals surface area (Å²) in [6.07, 6.45) is 0. The van der Waals surface area contributed by atoms with Crippen molar-refractivity contribution in [1.82, 2.24) is 0 Å². The zero-order valence-corrected chi connectivity index (χ0v) is 14.6. The Labute approximate surface area is 137 Å². The van der Waals surface area contributed by atoms with Crippen LogP contribution in [0, 0.1) is 0 Å². The summed E-state index contributed by atoms with van der Waals surface area (Å²) in [5.41, 5.74) is 0.234. The normalized spacial score (nSPS) is 19.1. The number of methoxy groups -OCH3 is 2. The standard InChI is InChI=1S/C18H23BO4/c1-17(2)18(3,4)23-19(22-17)13-9-12-7-8-14(20-5)11-15(12)16(10-13)21-6/h7-11H,1-6H3. The van der Waals surface area contributed by atoms with Gasteiger partial charge in [-0.15, -0.1) is 0 Å². The topological polar surface area (TPSA) is 36.9 Å². The molecule has 122 valence electrons. The molecule has 0 amide bonds. The number of ether oxygens (including phenoxy) is 2. The Hall–Kier alpha value is -1.72. The second-order valence-corrected chi connectivity index (χ2v) is 6.90. The highest BCUT2D eigenvalue weighted by molar-refractivity contribution is 6.62. The number of fused-ring (bicyclic) bond motifs is 1. The molecule has 1 saturated heterocycles. The van der Waals surface area contributed by atoms with Crippen LogP contribution in [-0.4, -0.2) is 32.5 Å². The van der Waals surface area contributed by atoms with Crippen LogP contribution in [0.3, 0.4) is 0 Å². The molecule has 0 N–H and O–H groups in total. The molecule has 2 aromatic rings. The van der Waals surface area contributed by atoms with Crippen molar-refractivity contribution in [3.63, 3.8) is 0 Å². The zero-order chi connectivity index (χ0) is 16.8. The molecule has 1 aliphatic rings. The molecule has 0 aromatic heterocycles. The maximum absolute atomic E-state index is 6.14. The van der Waals surface area contributed by atoms with Gasteiger partial charge in [-0.2, -0.15) is 0 Å². The second kappa shape index (κ2) is 5.43. The van der Waals surface area contributed by atoms with Crippen LogP contribution in [-0.2, 0) is 9.31 Å². The molecule has 2 aromatic carbocycles. The highest BCUT2D eigenvalue weighted by atomic mass is 16.7. The smallest absolute Gasteiger partial charge is 0.494 e. The molecular formula is C18H23BO4. The van der Waals surface area contributed by atoms with Crippen LogP contribution in [0.15, 0.2) is 30.3 Å². The van der Waals surface area contributed by atoms with Crippen LogP contribution in [0.1, 0.15) is 27.7 Å². The molecule has 1 fully saturated rings. The summed E-state index contributed by atoms with van der Waals surface area (Å²) in [6, 6.07) is 9.99. The molecule has 0 bridgehead atoms. The summed E-state index contributed by atoms with van der Waals surface area (Å²) in [4.78, 5) is 0. The summed E-state index contributed by atoms with van der Waals surface area (Å²) in [5.74, 6) is 1.59. The molecular weight excluding hydrogens is 291 g/mol. The zero-order valence-electron chi connectivity index (χ0n) is 14.6. The minimum atomic E-state index is -0.402. The van der Waals surface area contributed by atoms with Crippen molar-refractivity contribution in [2.45, 2.75) is 38.9 Å². The third kappa shape index (κ3) is 2.68. The Balaban J connectivity index is 2.06. The Kier molecular flexibility index (Phi) is 3.81. The van der Waals surface area contributed by atoms with Gasteiger partial charge in [0.05, 0.1) is 25.4 Å². The van der Waals surface area contributed by atoms with Crippen LogP contribution in [0.4, 0.5) is 0 Å². The summed E-state index contributed by atoms with van der Waals surface area (Å²) in [7, 11) is 2.93. The summed E-state index contributed by atoms with van der Waals surface area (Å²) in [5, 5.41) is 2.07. The van der Waals surface area contributed by atoms with E-state index in [9.17, 15) is 0 Å². The van der Waals surface area contributed by atoms with Crippen molar-refractivity contribution < 1.29 is 18.8 Å². The van der Waals surface area contributed by atoms with Crippen molar-refractivity contribution in [3.05, 3.63) is 30.3 Å². The van der Waals surface area contributed by atoms with Gasteiger partial charge in [0.25, 0.3) is 0 Å². The van der Waals surface area contributed by atoms with E-state index in [1.54, 1.807) is 14.2 Å². The van der Waals surface area contributed by atoms with Gasteiger partial charge in [0.1, 0.15) is 11.5 Å². The Morgan fingerprint density at radius 2 is 1.52 bits per heavy atom. The predicted octanol–water partition coefficient (Wildman–Crippen LogP) is 3.16. The summed E-state index contributed by atoms with van der Waals surface area (Å²) in [6.45, 7) is 8.21. The van der Waals surface area contributed by atoms with Gasteiger partial charge in [0.2, 0.25) is 0 Å². The van der Waals surface area contributed by atoms with Gasteiger partial charge in [0.15, 0.2) is 0 Å². The van der Waals surface area contributed by atoms with Crippen LogP contribution >= 0.6 is 0 Å². The molecule has 4 nitrogen and oxygen atoms in total. The third-order valence-electron chi connectivity index (χ3n) is 4.89. The van der Waals surface area contributed by atoms with Gasteiger partial charge in [-0.3, -0.25) is 0 Å². The summed E-state index contributed by atoms with van der Waals surface area (Å²) >= 11 is 0.